The quantitative estimate of drug-likeness (QED) is 0.811. The molecule has 5 nitrogen and oxygen atoms in total. The number of carboxylic acids is 1. The number of hydrogen-bond acceptors (Lipinski definition) is 3. The number of likely N-dealkylation sites (tertiary alicyclic amines) is 1. The molecule has 0 bridgehead atoms. The molecule has 0 saturated carbocycles. The minimum Gasteiger partial charge on any atom is -0.481 e. The first-order chi connectivity index (χ1) is 8.83. The molecule has 1 aliphatic rings. The number of benzene rings is 1. The lowest BCUT2D eigenvalue weighted by molar-refractivity contribution is -0.147. The fraction of sp³-hybridized carbons (Fsp3) is 0.385. The number of rotatable bonds is 2. The summed E-state index contributed by atoms with van der Waals surface area (Å²) in [6.07, 6.45) is 0.455. The van der Waals surface area contributed by atoms with Gasteiger partial charge in [-0.2, -0.15) is 0 Å². The van der Waals surface area contributed by atoms with Crippen LogP contribution in [0.25, 0.3) is 0 Å². The van der Waals surface area contributed by atoms with Gasteiger partial charge in [0.1, 0.15) is 0 Å². The number of amides is 1. The minimum absolute atomic E-state index is 0.211. The van der Waals surface area contributed by atoms with Crippen LogP contribution in [0, 0.1) is 5.41 Å². The first kappa shape index (κ1) is 13.7. The number of nitrogen functional groups attached to an aromatic ring is 1. The maximum absolute atomic E-state index is 12.3. The normalized spacial score (nSPS) is 22.5. The van der Waals surface area contributed by atoms with Crippen LogP contribution in [-0.2, 0) is 4.79 Å². The van der Waals surface area contributed by atoms with Crippen LogP contribution in [0.2, 0.25) is 5.02 Å². The van der Waals surface area contributed by atoms with Crippen LogP contribution in [-0.4, -0.2) is 35.0 Å². The lowest BCUT2D eigenvalue weighted by atomic mass is 9.90. The molecular formula is C13H15ClN2O3. The summed E-state index contributed by atoms with van der Waals surface area (Å²) in [6, 6.07) is 4.68. The molecule has 1 unspecified atom stereocenters. The highest BCUT2D eigenvalue weighted by atomic mass is 35.5. The number of nitrogens with two attached hydrogens (primary N) is 1. The van der Waals surface area contributed by atoms with Gasteiger partial charge >= 0.3 is 5.97 Å². The van der Waals surface area contributed by atoms with E-state index in [-0.39, 0.29) is 12.5 Å². The molecule has 0 radical (unpaired) electrons. The molecule has 3 N–H and O–H groups in total. The lowest BCUT2D eigenvalue weighted by Gasteiger charge is -2.20. The van der Waals surface area contributed by atoms with Crippen molar-refractivity contribution in [3.63, 3.8) is 0 Å². The number of nitrogens with zero attached hydrogens (tertiary/aromatic N) is 1. The number of aliphatic carboxylic acids is 1. The highest BCUT2D eigenvalue weighted by molar-refractivity contribution is 6.33. The van der Waals surface area contributed by atoms with Gasteiger partial charge in [0, 0.05) is 18.7 Å². The van der Waals surface area contributed by atoms with E-state index in [1.54, 1.807) is 19.1 Å². The van der Waals surface area contributed by atoms with Crippen LogP contribution >= 0.6 is 11.6 Å². The third-order valence-corrected chi connectivity index (χ3v) is 3.85. The second-order valence-electron chi connectivity index (χ2n) is 5.08. The zero-order valence-electron chi connectivity index (χ0n) is 10.5. The van der Waals surface area contributed by atoms with E-state index >= 15 is 0 Å². The van der Waals surface area contributed by atoms with Crippen molar-refractivity contribution in [1.82, 2.24) is 4.90 Å². The second-order valence-corrected chi connectivity index (χ2v) is 5.49. The summed E-state index contributed by atoms with van der Waals surface area (Å²) in [6.45, 7) is 2.30. The van der Waals surface area contributed by atoms with E-state index in [0.29, 0.717) is 29.2 Å². The Hall–Kier alpha value is -1.75. The number of carbonyl (C=O) groups is 2. The van der Waals surface area contributed by atoms with E-state index in [1.165, 1.54) is 11.0 Å². The third kappa shape index (κ3) is 2.51. The first-order valence-corrected chi connectivity index (χ1v) is 6.29. The molecule has 102 valence electrons. The van der Waals surface area contributed by atoms with E-state index in [0.717, 1.165) is 0 Å². The minimum atomic E-state index is -0.877. The Kier molecular flexibility index (Phi) is 3.41. The van der Waals surface area contributed by atoms with Crippen LogP contribution in [0.5, 0.6) is 0 Å². The molecule has 1 aliphatic heterocycles. The largest absolute Gasteiger partial charge is 0.481 e. The predicted molar refractivity (Wildman–Crippen MR) is 72.1 cm³/mol. The van der Waals surface area contributed by atoms with E-state index in [2.05, 4.69) is 0 Å². The summed E-state index contributed by atoms with van der Waals surface area (Å²) >= 11 is 5.88. The van der Waals surface area contributed by atoms with E-state index < -0.39 is 11.4 Å². The molecule has 2 rings (SSSR count). The molecule has 1 fully saturated rings. The number of carbonyl (C=O) groups excluding carboxylic acids is 1. The summed E-state index contributed by atoms with van der Waals surface area (Å²) in [5.74, 6) is -1.09. The maximum Gasteiger partial charge on any atom is 0.311 e. The van der Waals surface area contributed by atoms with Gasteiger partial charge in [-0.1, -0.05) is 11.6 Å². The van der Waals surface area contributed by atoms with Gasteiger partial charge in [-0.25, -0.2) is 0 Å². The van der Waals surface area contributed by atoms with Crippen molar-refractivity contribution in [1.29, 1.82) is 0 Å². The van der Waals surface area contributed by atoms with Gasteiger partial charge in [-0.15, -0.1) is 0 Å². The van der Waals surface area contributed by atoms with Crippen LogP contribution in [0.15, 0.2) is 18.2 Å². The summed E-state index contributed by atoms with van der Waals surface area (Å²) in [5, 5.41) is 9.47. The molecule has 0 spiro atoms. The Bertz CT molecular complexity index is 547. The van der Waals surface area contributed by atoms with Gasteiger partial charge in [0.2, 0.25) is 0 Å². The van der Waals surface area contributed by atoms with Crippen LogP contribution in [0.1, 0.15) is 23.7 Å². The zero-order valence-corrected chi connectivity index (χ0v) is 11.3. The summed E-state index contributed by atoms with van der Waals surface area (Å²) in [4.78, 5) is 24.9. The molecule has 1 saturated heterocycles. The van der Waals surface area contributed by atoms with Crippen molar-refractivity contribution in [2.45, 2.75) is 13.3 Å². The van der Waals surface area contributed by atoms with E-state index in [1.807, 2.05) is 0 Å². The second kappa shape index (κ2) is 4.74. The van der Waals surface area contributed by atoms with Gasteiger partial charge in [0.15, 0.2) is 0 Å². The Morgan fingerprint density at radius 2 is 2.16 bits per heavy atom. The summed E-state index contributed by atoms with van der Waals surface area (Å²) < 4.78 is 0. The van der Waals surface area contributed by atoms with Crippen molar-refractivity contribution < 1.29 is 14.7 Å². The van der Waals surface area contributed by atoms with Crippen molar-refractivity contribution in [2.24, 2.45) is 5.41 Å². The molecule has 1 amide bonds. The number of carboxylic acid groups (broad SMARTS) is 1. The van der Waals surface area contributed by atoms with Gasteiger partial charge in [0.05, 0.1) is 16.1 Å². The third-order valence-electron chi connectivity index (χ3n) is 3.52. The zero-order chi connectivity index (χ0) is 14.2. The molecule has 1 aromatic rings. The summed E-state index contributed by atoms with van der Waals surface area (Å²) in [7, 11) is 0. The molecule has 19 heavy (non-hydrogen) atoms. The number of hydrogen-bond donors (Lipinski definition) is 2. The molecule has 0 aromatic heterocycles. The molecule has 0 aliphatic carbocycles. The fourth-order valence-corrected chi connectivity index (χ4v) is 2.33. The first-order valence-electron chi connectivity index (χ1n) is 5.91. The smallest absolute Gasteiger partial charge is 0.311 e. The molecule has 1 aromatic carbocycles. The van der Waals surface area contributed by atoms with E-state index in [4.69, 9.17) is 22.4 Å². The predicted octanol–water partition coefficient (Wildman–Crippen LogP) is 1.86. The Labute approximate surface area is 116 Å². The maximum atomic E-state index is 12.3. The number of halogens is 1. The van der Waals surface area contributed by atoms with E-state index in [9.17, 15) is 9.59 Å². The van der Waals surface area contributed by atoms with Crippen molar-refractivity contribution in [3.05, 3.63) is 28.8 Å². The molecule has 1 atom stereocenters. The summed E-state index contributed by atoms with van der Waals surface area (Å²) in [5.41, 5.74) is 5.56. The Morgan fingerprint density at radius 3 is 2.68 bits per heavy atom. The van der Waals surface area contributed by atoms with Gasteiger partial charge < -0.3 is 15.7 Å². The topological polar surface area (TPSA) is 83.6 Å². The standard InChI is InChI=1S/C13H15ClN2O3/c1-13(12(18)19)4-5-16(7-13)11(17)8-2-3-10(15)9(14)6-8/h2-3,6H,4-5,7,15H2,1H3,(H,18,19). The van der Waals surface area contributed by atoms with Crippen molar-refractivity contribution in [3.8, 4) is 0 Å². The highest BCUT2D eigenvalue weighted by Crippen LogP contribution is 2.31. The molecular weight excluding hydrogens is 268 g/mol. The fourth-order valence-electron chi connectivity index (χ4n) is 2.15. The average molecular weight is 283 g/mol. The van der Waals surface area contributed by atoms with Crippen LogP contribution in [0.4, 0.5) is 5.69 Å². The Balaban J connectivity index is 2.18. The number of anilines is 1. The van der Waals surface area contributed by atoms with Crippen molar-refractivity contribution in [2.75, 3.05) is 18.8 Å². The van der Waals surface area contributed by atoms with Crippen LogP contribution in [0.3, 0.4) is 0 Å². The highest BCUT2D eigenvalue weighted by Gasteiger charge is 2.42. The van der Waals surface area contributed by atoms with Gasteiger partial charge in [-0.3, -0.25) is 9.59 Å². The van der Waals surface area contributed by atoms with Gasteiger partial charge in [-0.05, 0) is 31.5 Å². The SMILES string of the molecule is CC1(C(=O)O)CCN(C(=O)c2ccc(N)c(Cl)c2)C1. The van der Waals surface area contributed by atoms with Crippen LogP contribution < -0.4 is 5.73 Å². The lowest BCUT2D eigenvalue weighted by Crippen LogP contribution is -2.34. The molecule has 6 heteroatoms. The molecule has 1 heterocycles. The van der Waals surface area contributed by atoms with Gasteiger partial charge in [0.25, 0.3) is 5.91 Å². The Morgan fingerprint density at radius 1 is 1.47 bits per heavy atom. The monoisotopic (exact) mass is 282 g/mol. The average Bonchev–Trinajstić information content (AvgIpc) is 2.76. The van der Waals surface area contributed by atoms with Crippen molar-refractivity contribution >= 4 is 29.2 Å².